The molecule has 1 aromatic carbocycles. The van der Waals surface area contributed by atoms with Crippen LogP contribution in [0.25, 0.3) is 0 Å². The Morgan fingerprint density at radius 1 is 1.11 bits per heavy atom. The Hall–Kier alpha value is -2.93. The monoisotopic (exact) mass is 368 g/mol. The van der Waals surface area contributed by atoms with Gasteiger partial charge in [0.25, 0.3) is 0 Å². The number of anilines is 1. The Labute approximate surface area is 158 Å². The Balaban J connectivity index is 1.52. The van der Waals surface area contributed by atoms with Crippen LogP contribution in [0.2, 0.25) is 0 Å². The third kappa shape index (κ3) is 5.27. The minimum absolute atomic E-state index is 0.121. The van der Waals surface area contributed by atoms with Crippen molar-refractivity contribution < 1.29 is 14.3 Å². The number of methoxy groups -OCH3 is 1. The molecule has 0 radical (unpaired) electrons. The fourth-order valence-electron chi connectivity index (χ4n) is 3.09. The summed E-state index contributed by atoms with van der Waals surface area (Å²) in [6, 6.07) is 10.6. The number of nitrogens with one attached hydrogen (secondary N) is 1. The summed E-state index contributed by atoms with van der Waals surface area (Å²) in [4.78, 5) is 32.4. The second kappa shape index (κ2) is 9.14. The van der Waals surface area contributed by atoms with Crippen molar-refractivity contribution in [2.75, 3.05) is 38.6 Å². The molecule has 0 spiro atoms. The van der Waals surface area contributed by atoms with Gasteiger partial charge in [-0.05, 0) is 42.3 Å². The molecule has 0 saturated carbocycles. The summed E-state index contributed by atoms with van der Waals surface area (Å²) in [5, 5.41) is 2.89. The number of amides is 2. The highest BCUT2D eigenvalue weighted by Gasteiger charge is 2.19. The molecule has 7 heteroatoms. The van der Waals surface area contributed by atoms with Gasteiger partial charge >= 0.3 is 12.0 Å². The summed E-state index contributed by atoms with van der Waals surface area (Å²) in [6.45, 7) is 4.01. The molecular weight excluding hydrogens is 344 g/mol. The first-order valence-electron chi connectivity index (χ1n) is 9.01. The zero-order valence-electron chi connectivity index (χ0n) is 15.4. The predicted molar refractivity (Wildman–Crippen MR) is 103 cm³/mol. The molecule has 1 aliphatic rings. The molecule has 1 aliphatic heterocycles. The molecule has 0 bridgehead atoms. The summed E-state index contributed by atoms with van der Waals surface area (Å²) in [5.74, 6) is -0.394. The van der Waals surface area contributed by atoms with E-state index in [2.05, 4.69) is 26.0 Å². The summed E-state index contributed by atoms with van der Waals surface area (Å²) < 4.78 is 4.68. The molecule has 27 heavy (non-hydrogen) atoms. The van der Waals surface area contributed by atoms with Crippen molar-refractivity contribution >= 4 is 17.7 Å². The van der Waals surface area contributed by atoms with Gasteiger partial charge in [0.15, 0.2) is 0 Å². The molecule has 142 valence electrons. The molecule has 1 fully saturated rings. The van der Waals surface area contributed by atoms with Crippen LogP contribution >= 0.6 is 0 Å². The van der Waals surface area contributed by atoms with Crippen LogP contribution in [-0.4, -0.2) is 60.1 Å². The molecule has 1 aromatic heterocycles. The van der Waals surface area contributed by atoms with E-state index < -0.39 is 5.97 Å². The summed E-state index contributed by atoms with van der Waals surface area (Å²) in [5.41, 5.74) is 2.29. The van der Waals surface area contributed by atoms with Crippen molar-refractivity contribution in [3.63, 3.8) is 0 Å². The van der Waals surface area contributed by atoms with E-state index in [1.54, 1.807) is 30.5 Å². The Kier molecular flexibility index (Phi) is 6.38. The van der Waals surface area contributed by atoms with Crippen molar-refractivity contribution in [2.24, 2.45) is 0 Å². The second-order valence-electron chi connectivity index (χ2n) is 6.48. The van der Waals surface area contributed by atoms with Crippen molar-refractivity contribution in [1.29, 1.82) is 0 Å². The maximum atomic E-state index is 12.6. The van der Waals surface area contributed by atoms with Gasteiger partial charge in [0.05, 0.1) is 12.7 Å². The number of benzene rings is 1. The minimum Gasteiger partial charge on any atom is -0.465 e. The molecular formula is C20H24N4O3. The van der Waals surface area contributed by atoms with Crippen LogP contribution < -0.4 is 5.32 Å². The van der Waals surface area contributed by atoms with E-state index in [1.807, 2.05) is 17.2 Å². The highest BCUT2D eigenvalue weighted by molar-refractivity contribution is 5.92. The number of ether oxygens (including phenoxy) is 1. The lowest BCUT2D eigenvalue weighted by Gasteiger charge is -2.22. The largest absolute Gasteiger partial charge is 0.465 e. The fraction of sp³-hybridized carbons (Fsp3) is 0.350. The van der Waals surface area contributed by atoms with Crippen molar-refractivity contribution in [3.8, 4) is 0 Å². The van der Waals surface area contributed by atoms with Crippen LogP contribution in [0, 0.1) is 0 Å². The molecule has 3 rings (SSSR count). The maximum absolute atomic E-state index is 12.6. The Bertz CT molecular complexity index is 765. The van der Waals surface area contributed by atoms with Gasteiger partial charge in [0.1, 0.15) is 0 Å². The highest BCUT2D eigenvalue weighted by atomic mass is 16.5. The summed E-state index contributed by atoms with van der Waals surface area (Å²) in [6.07, 6.45) is 4.58. The molecule has 2 heterocycles. The van der Waals surface area contributed by atoms with Gasteiger partial charge in [-0.15, -0.1) is 0 Å². The van der Waals surface area contributed by atoms with Gasteiger partial charge < -0.3 is 15.0 Å². The molecule has 0 unspecified atom stereocenters. The normalized spacial score (nSPS) is 15.1. The smallest absolute Gasteiger partial charge is 0.337 e. The first-order valence-corrected chi connectivity index (χ1v) is 9.01. The Morgan fingerprint density at radius 3 is 2.63 bits per heavy atom. The first-order chi connectivity index (χ1) is 13.2. The average molecular weight is 368 g/mol. The Morgan fingerprint density at radius 2 is 1.93 bits per heavy atom. The number of carbonyl (C=O) groups is 2. The standard InChI is InChI=1S/C20H24N4O3/c1-27-19(25)17-5-7-18(8-6-17)22-20(26)24-11-3-10-23(12-13-24)15-16-4-2-9-21-14-16/h2,4-9,14H,3,10-13,15H2,1H3,(H,22,26). The number of rotatable bonds is 4. The number of aromatic nitrogens is 1. The summed E-state index contributed by atoms with van der Waals surface area (Å²) in [7, 11) is 1.34. The predicted octanol–water partition coefficient (Wildman–Crippen LogP) is 2.61. The zero-order valence-corrected chi connectivity index (χ0v) is 15.4. The van der Waals surface area contributed by atoms with Crippen molar-refractivity contribution in [3.05, 3.63) is 59.9 Å². The van der Waals surface area contributed by atoms with Crippen LogP contribution in [0.5, 0.6) is 0 Å². The number of hydrogen-bond donors (Lipinski definition) is 1. The van der Waals surface area contributed by atoms with E-state index in [0.717, 1.165) is 32.6 Å². The van der Waals surface area contributed by atoms with Crippen molar-refractivity contribution in [2.45, 2.75) is 13.0 Å². The lowest BCUT2D eigenvalue weighted by Crippen LogP contribution is -2.38. The van der Waals surface area contributed by atoms with E-state index in [1.165, 1.54) is 12.7 Å². The highest BCUT2D eigenvalue weighted by Crippen LogP contribution is 2.13. The number of nitrogens with zero attached hydrogens (tertiary/aromatic N) is 3. The van der Waals surface area contributed by atoms with E-state index in [0.29, 0.717) is 17.8 Å². The molecule has 1 saturated heterocycles. The van der Waals surface area contributed by atoms with Crippen LogP contribution in [-0.2, 0) is 11.3 Å². The van der Waals surface area contributed by atoms with Gasteiger partial charge in [-0.25, -0.2) is 9.59 Å². The van der Waals surface area contributed by atoms with E-state index in [-0.39, 0.29) is 6.03 Å². The van der Waals surface area contributed by atoms with E-state index in [9.17, 15) is 9.59 Å². The molecule has 2 aromatic rings. The maximum Gasteiger partial charge on any atom is 0.337 e. The third-order valence-corrected chi connectivity index (χ3v) is 4.56. The van der Waals surface area contributed by atoms with Gasteiger partial charge in [-0.1, -0.05) is 6.07 Å². The molecule has 7 nitrogen and oxygen atoms in total. The van der Waals surface area contributed by atoms with Gasteiger partial charge in [-0.2, -0.15) is 0 Å². The van der Waals surface area contributed by atoms with Crippen LogP contribution in [0.4, 0.5) is 10.5 Å². The first kappa shape index (κ1) is 18.8. The topological polar surface area (TPSA) is 74.8 Å². The number of hydrogen-bond acceptors (Lipinski definition) is 5. The number of urea groups is 1. The fourth-order valence-corrected chi connectivity index (χ4v) is 3.09. The number of esters is 1. The van der Waals surface area contributed by atoms with Gasteiger partial charge in [0, 0.05) is 50.8 Å². The van der Waals surface area contributed by atoms with Gasteiger partial charge in [-0.3, -0.25) is 9.88 Å². The lowest BCUT2D eigenvalue weighted by molar-refractivity contribution is 0.0600. The van der Waals surface area contributed by atoms with Crippen LogP contribution in [0.15, 0.2) is 48.8 Å². The third-order valence-electron chi connectivity index (χ3n) is 4.56. The molecule has 1 N–H and O–H groups in total. The quantitative estimate of drug-likeness (QED) is 0.840. The number of pyridine rings is 1. The van der Waals surface area contributed by atoms with Crippen molar-refractivity contribution in [1.82, 2.24) is 14.8 Å². The average Bonchev–Trinajstić information content (AvgIpc) is 2.94. The summed E-state index contributed by atoms with van der Waals surface area (Å²) >= 11 is 0. The minimum atomic E-state index is -0.394. The molecule has 0 atom stereocenters. The van der Waals surface area contributed by atoms with E-state index >= 15 is 0 Å². The van der Waals surface area contributed by atoms with Crippen LogP contribution in [0.1, 0.15) is 22.3 Å². The zero-order chi connectivity index (χ0) is 19.1. The molecule has 2 amide bonds. The van der Waals surface area contributed by atoms with E-state index in [4.69, 9.17) is 0 Å². The van der Waals surface area contributed by atoms with Crippen LogP contribution in [0.3, 0.4) is 0 Å². The number of carbonyl (C=O) groups excluding carboxylic acids is 2. The SMILES string of the molecule is COC(=O)c1ccc(NC(=O)N2CCCN(Cc3cccnc3)CC2)cc1. The lowest BCUT2D eigenvalue weighted by atomic mass is 10.2. The second-order valence-corrected chi connectivity index (χ2v) is 6.48. The van der Waals surface area contributed by atoms with Gasteiger partial charge in [0.2, 0.25) is 0 Å². The molecule has 0 aliphatic carbocycles.